The van der Waals surface area contributed by atoms with Gasteiger partial charge in [-0.05, 0) is 37.8 Å². The molecule has 1 aliphatic carbocycles. The summed E-state index contributed by atoms with van der Waals surface area (Å²) in [5.74, 6) is 0.553. The van der Waals surface area contributed by atoms with E-state index in [9.17, 15) is 9.59 Å². The highest BCUT2D eigenvalue weighted by Gasteiger charge is 2.32. The third-order valence-electron chi connectivity index (χ3n) is 4.81. The quantitative estimate of drug-likeness (QED) is 0.530. The summed E-state index contributed by atoms with van der Waals surface area (Å²) >= 11 is 0. The molecule has 0 spiro atoms. The first kappa shape index (κ1) is 20.7. The van der Waals surface area contributed by atoms with Crippen molar-refractivity contribution in [1.82, 2.24) is 10.2 Å². The number of hydrogen-bond acceptors (Lipinski definition) is 4. The van der Waals surface area contributed by atoms with Crippen molar-refractivity contribution >= 4 is 18.0 Å². The number of carbonyl (C=O) groups excluding carboxylic acids is 2. The Morgan fingerprint density at radius 2 is 1.96 bits per heavy atom. The molecule has 6 nitrogen and oxygen atoms in total. The van der Waals surface area contributed by atoms with Crippen LogP contribution in [0.3, 0.4) is 0 Å². The van der Waals surface area contributed by atoms with Gasteiger partial charge in [0.25, 0.3) is 0 Å². The summed E-state index contributed by atoms with van der Waals surface area (Å²) in [5.41, 5.74) is 7.91. The largest absolute Gasteiger partial charge is 0.402 e. The van der Waals surface area contributed by atoms with Gasteiger partial charge >= 0.3 is 0 Å². The van der Waals surface area contributed by atoms with E-state index in [1.165, 1.54) is 0 Å². The standard InChI is InChI=1S/C12H16N2.C9H14N2O2/c1-9(13)8-12(14)10(2)11-6-4-3-5-7-11;12-6-11-4-3-8(5-11)10-9(13)7-1-2-7/h3-8,10,14H,13H2,1-2H3;6-8H,1-5H2,(H,10,13)/b9-8-,14-12?;. The first-order valence-electron chi connectivity index (χ1n) is 9.47. The van der Waals surface area contributed by atoms with Crippen LogP contribution in [0.5, 0.6) is 0 Å². The number of amides is 2. The molecule has 1 aromatic carbocycles. The number of allylic oxidation sites excluding steroid dienone is 2. The second-order valence-corrected chi connectivity index (χ2v) is 7.34. The summed E-state index contributed by atoms with van der Waals surface area (Å²) in [6, 6.07) is 10.2. The van der Waals surface area contributed by atoms with E-state index >= 15 is 0 Å². The highest BCUT2D eigenvalue weighted by molar-refractivity contribution is 5.97. The van der Waals surface area contributed by atoms with Crippen molar-refractivity contribution in [1.29, 1.82) is 5.41 Å². The van der Waals surface area contributed by atoms with Crippen molar-refractivity contribution in [2.45, 2.75) is 45.1 Å². The Hall–Kier alpha value is -2.63. The molecule has 0 aromatic heterocycles. The fourth-order valence-electron chi connectivity index (χ4n) is 2.96. The molecule has 4 N–H and O–H groups in total. The molecule has 2 unspecified atom stereocenters. The zero-order valence-corrected chi connectivity index (χ0v) is 16.2. The maximum absolute atomic E-state index is 11.3. The normalized spacial score (nSPS) is 20.3. The number of benzene rings is 1. The number of carbonyl (C=O) groups is 2. The molecule has 6 heteroatoms. The molecule has 0 bridgehead atoms. The molecule has 2 aliphatic rings. The molecular formula is C21H30N4O2. The Morgan fingerprint density at radius 3 is 2.48 bits per heavy atom. The zero-order valence-electron chi connectivity index (χ0n) is 16.2. The maximum atomic E-state index is 11.3. The first-order valence-corrected chi connectivity index (χ1v) is 9.47. The number of rotatable bonds is 6. The number of nitrogens with two attached hydrogens (primary N) is 1. The minimum Gasteiger partial charge on any atom is -0.402 e. The van der Waals surface area contributed by atoms with E-state index in [0.29, 0.717) is 18.0 Å². The molecule has 1 aliphatic heterocycles. The Morgan fingerprint density at radius 1 is 1.30 bits per heavy atom. The SMILES string of the molecule is C/C(N)=C/C(=N)C(C)c1ccccc1.O=CN1CCC(NC(=O)C2CC2)C1. The third-order valence-corrected chi connectivity index (χ3v) is 4.81. The van der Waals surface area contributed by atoms with E-state index in [4.69, 9.17) is 11.1 Å². The molecule has 2 atom stereocenters. The highest BCUT2D eigenvalue weighted by Crippen LogP contribution is 2.29. The van der Waals surface area contributed by atoms with Gasteiger partial charge in [-0.25, -0.2) is 0 Å². The summed E-state index contributed by atoms with van der Waals surface area (Å²) in [7, 11) is 0. The Labute approximate surface area is 161 Å². The van der Waals surface area contributed by atoms with Crippen LogP contribution in [-0.2, 0) is 9.59 Å². The van der Waals surface area contributed by atoms with Gasteiger partial charge < -0.3 is 21.4 Å². The van der Waals surface area contributed by atoms with Crippen LogP contribution in [0.2, 0.25) is 0 Å². The summed E-state index contributed by atoms with van der Waals surface area (Å²) in [4.78, 5) is 23.4. The van der Waals surface area contributed by atoms with Crippen molar-refractivity contribution in [2.24, 2.45) is 11.7 Å². The average Bonchev–Trinajstić information content (AvgIpc) is 3.42. The van der Waals surface area contributed by atoms with E-state index in [0.717, 1.165) is 37.8 Å². The van der Waals surface area contributed by atoms with Crippen molar-refractivity contribution in [2.75, 3.05) is 13.1 Å². The Kier molecular flexibility index (Phi) is 7.58. The van der Waals surface area contributed by atoms with Crippen LogP contribution in [0.1, 0.15) is 44.6 Å². The van der Waals surface area contributed by atoms with E-state index in [1.807, 2.05) is 37.3 Å². The van der Waals surface area contributed by atoms with Crippen LogP contribution in [0, 0.1) is 11.3 Å². The van der Waals surface area contributed by atoms with Gasteiger partial charge in [-0.2, -0.15) is 0 Å². The van der Waals surface area contributed by atoms with Gasteiger partial charge in [0, 0.05) is 42.4 Å². The van der Waals surface area contributed by atoms with Gasteiger partial charge in [0.1, 0.15) is 0 Å². The third kappa shape index (κ3) is 6.89. The van der Waals surface area contributed by atoms with Crippen molar-refractivity contribution in [3.63, 3.8) is 0 Å². The lowest BCUT2D eigenvalue weighted by molar-refractivity contribution is -0.123. The molecule has 0 radical (unpaired) electrons. The number of nitrogens with zero attached hydrogens (tertiary/aromatic N) is 1. The molecule has 1 aromatic rings. The molecule has 2 fully saturated rings. The predicted octanol–water partition coefficient (Wildman–Crippen LogP) is 2.42. The molecule has 1 saturated carbocycles. The van der Waals surface area contributed by atoms with Crippen molar-refractivity contribution in [3.8, 4) is 0 Å². The van der Waals surface area contributed by atoms with E-state index in [2.05, 4.69) is 5.32 Å². The van der Waals surface area contributed by atoms with E-state index < -0.39 is 0 Å². The summed E-state index contributed by atoms with van der Waals surface area (Å²) < 4.78 is 0. The van der Waals surface area contributed by atoms with Gasteiger partial charge in [0.15, 0.2) is 0 Å². The smallest absolute Gasteiger partial charge is 0.223 e. The fourth-order valence-corrected chi connectivity index (χ4v) is 2.96. The van der Waals surface area contributed by atoms with Crippen molar-refractivity contribution in [3.05, 3.63) is 47.7 Å². The van der Waals surface area contributed by atoms with Crippen LogP contribution in [0.4, 0.5) is 0 Å². The van der Waals surface area contributed by atoms with Crippen LogP contribution in [0.25, 0.3) is 0 Å². The zero-order chi connectivity index (χ0) is 19.8. The number of likely N-dealkylation sites (tertiary alicyclic amines) is 1. The first-order chi connectivity index (χ1) is 12.9. The molecule has 146 valence electrons. The Balaban J connectivity index is 0.000000194. The molecule has 3 rings (SSSR count). The van der Waals surface area contributed by atoms with Gasteiger partial charge in [-0.1, -0.05) is 37.3 Å². The van der Waals surface area contributed by atoms with Crippen molar-refractivity contribution < 1.29 is 9.59 Å². The van der Waals surface area contributed by atoms with Crippen LogP contribution < -0.4 is 11.1 Å². The average molecular weight is 370 g/mol. The summed E-state index contributed by atoms with van der Waals surface area (Å²) in [5, 5.41) is 10.8. The fraction of sp³-hybridized carbons (Fsp3) is 0.476. The molecule has 2 amide bonds. The van der Waals surface area contributed by atoms with Gasteiger partial charge in [-0.15, -0.1) is 0 Å². The number of hydrogen-bond donors (Lipinski definition) is 3. The monoisotopic (exact) mass is 370 g/mol. The van der Waals surface area contributed by atoms with Gasteiger partial charge in [0.05, 0.1) is 0 Å². The highest BCUT2D eigenvalue weighted by atomic mass is 16.2. The lowest BCUT2D eigenvalue weighted by Crippen LogP contribution is -2.37. The summed E-state index contributed by atoms with van der Waals surface area (Å²) in [6.45, 7) is 5.27. The lowest BCUT2D eigenvalue weighted by Gasteiger charge is -2.12. The molecule has 1 saturated heterocycles. The molecule has 27 heavy (non-hydrogen) atoms. The number of nitrogens with one attached hydrogen (secondary N) is 2. The second kappa shape index (κ2) is 9.90. The lowest BCUT2D eigenvalue weighted by atomic mass is 9.96. The minimum absolute atomic E-state index is 0.106. The van der Waals surface area contributed by atoms with E-state index in [1.54, 1.807) is 17.9 Å². The maximum Gasteiger partial charge on any atom is 0.223 e. The van der Waals surface area contributed by atoms with Gasteiger partial charge in [-0.3, -0.25) is 9.59 Å². The second-order valence-electron chi connectivity index (χ2n) is 7.34. The van der Waals surface area contributed by atoms with Crippen LogP contribution in [-0.4, -0.2) is 42.1 Å². The molecule has 1 heterocycles. The Bertz CT molecular complexity index is 679. The van der Waals surface area contributed by atoms with Crippen LogP contribution >= 0.6 is 0 Å². The topological polar surface area (TPSA) is 99.3 Å². The van der Waals surface area contributed by atoms with Crippen LogP contribution in [0.15, 0.2) is 42.1 Å². The van der Waals surface area contributed by atoms with Gasteiger partial charge in [0.2, 0.25) is 12.3 Å². The minimum atomic E-state index is 0.106. The molecular weight excluding hydrogens is 340 g/mol. The predicted molar refractivity (Wildman–Crippen MR) is 107 cm³/mol. The van der Waals surface area contributed by atoms with E-state index in [-0.39, 0.29) is 23.8 Å². The summed E-state index contributed by atoms with van der Waals surface area (Å²) in [6.07, 6.45) is 5.53.